The summed E-state index contributed by atoms with van der Waals surface area (Å²) in [7, 11) is 3.73. The maximum Gasteiger partial charge on any atom is 0.274 e. The Morgan fingerprint density at radius 2 is 2.04 bits per heavy atom. The maximum absolute atomic E-state index is 12.5. The molecule has 7 heteroatoms. The molecule has 2 aromatic rings. The standard InChI is InChI=1S/C18H27N5O2/c1-13-9-17(19-22(13)4)18(24)21(3)11-15-5-7-23(8-6-15)12-16-10-14(2)25-20-16/h9-10,15H,5-8,11-12H2,1-4H3. The molecule has 1 amide bonds. The molecule has 0 N–H and O–H groups in total. The van der Waals surface area contributed by atoms with Gasteiger partial charge in [0.05, 0.1) is 5.69 Å². The van der Waals surface area contributed by atoms with Gasteiger partial charge in [-0.2, -0.15) is 5.10 Å². The number of hydrogen-bond acceptors (Lipinski definition) is 5. The van der Waals surface area contributed by atoms with E-state index in [1.165, 1.54) is 0 Å². The Hall–Kier alpha value is -2.15. The number of hydrogen-bond donors (Lipinski definition) is 0. The Morgan fingerprint density at radius 3 is 2.60 bits per heavy atom. The van der Waals surface area contributed by atoms with Gasteiger partial charge in [0.1, 0.15) is 5.76 Å². The van der Waals surface area contributed by atoms with Crippen LogP contribution in [0, 0.1) is 19.8 Å². The van der Waals surface area contributed by atoms with Crippen molar-refractivity contribution in [3.63, 3.8) is 0 Å². The molecule has 0 atom stereocenters. The van der Waals surface area contributed by atoms with E-state index in [0.717, 1.165) is 56.2 Å². The molecule has 0 saturated carbocycles. The highest BCUT2D eigenvalue weighted by Gasteiger charge is 2.24. The topological polar surface area (TPSA) is 67.4 Å². The van der Waals surface area contributed by atoms with E-state index < -0.39 is 0 Å². The number of carbonyl (C=O) groups excluding carboxylic acids is 1. The van der Waals surface area contributed by atoms with Crippen LogP contribution < -0.4 is 0 Å². The van der Waals surface area contributed by atoms with Gasteiger partial charge in [0.15, 0.2) is 5.69 Å². The first-order valence-corrected chi connectivity index (χ1v) is 8.83. The average Bonchev–Trinajstić information content (AvgIpc) is 3.14. The summed E-state index contributed by atoms with van der Waals surface area (Å²) in [4.78, 5) is 16.7. The van der Waals surface area contributed by atoms with Gasteiger partial charge in [-0.05, 0) is 51.8 Å². The molecule has 25 heavy (non-hydrogen) atoms. The maximum atomic E-state index is 12.5. The smallest absolute Gasteiger partial charge is 0.274 e. The van der Waals surface area contributed by atoms with Gasteiger partial charge < -0.3 is 9.42 Å². The van der Waals surface area contributed by atoms with E-state index in [1.807, 2.05) is 45.0 Å². The molecule has 0 unspecified atom stereocenters. The molecule has 0 spiro atoms. The van der Waals surface area contributed by atoms with Gasteiger partial charge in [-0.1, -0.05) is 5.16 Å². The fourth-order valence-electron chi connectivity index (χ4n) is 3.38. The van der Waals surface area contributed by atoms with Crippen LogP contribution in [-0.4, -0.2) is 57.3 Å². The molecule has 136 valence electrons. The lowest BCUT2D eigenvalue weighted by Gasteiger charge is -2.33. The lowest BCUT2D eigenvalue weighted by Crippen LogP contribution is -2.39. The van der Waals surface area contributed by atoms with E-state index in [-0.39, 0.29) is 5.91 Å². The SMILES string of the molecule is Cc1cc(CN2CCC(CN(C)C(=O)c3cc(C)n(C)n3)CC2)no1. The third-order valence-electron chi connectivity index (χ3n) is 4.98. The number of nitrogens with zero attached hydrogens (tertiary/aromatic N) is 5. The van der Waals surface area contributed by atoms with E-state index >= 15 is 0 Å². The highest BCUT2D eigenvalue weighted by molar-refractivity contribution is 5.92. The van der Waals surface area contributed by atoms with Gasteiger partial charge >= 0.3 is 0 Å². The van der Waals surface area contributed by atoms with Crippen LogP contribution in [0.4, 0.5) is 0 Å². The van der Waals surface area contributed by atoms with Gasteiger partial charge in [-0.3, -0.25) is 14.4 Å². The van der Waals surface area contributed by atoms with Crippen LogP contribution in [0.2, 0.25) is 0 Å². The minimum Gasteiger partial charge on any atom is -0.361 e. The third kappa shape index (κ3) is 4.28. The van der Waals surface area contributed by atoms with Crippen molar-refractivity contribution in [2.45, 2.75) is 33.2 Å². The van der Waals surface area contributed by atoms with Gasteiger partial charge in [-0.15, -0.1) is 0 Å². The molecular weight excluding hydrogens is 318 g/mol. The Labute approximate surface area is 148 Å². The van der Waals surface area contributed by atoms with E-state index in [4.69, 9.17) is 4.52 Å². The van der Waals surface area contributed by atoms with Crippen LogP contribution in [0.5, 0.6) is 0 Å². The summed E-state index contributed by atoms with van der Waals surface area (Å²) in [5.41, 5.74) is 2.52. The van der Waals surface area contributed by atoms with E-state index in [0.29, 0.717) is 11.6 Å². The van der Waals surface area contributed by atoms with Crippen molar-refractivity contribution >= 4 is 5.91 Å². The Morgan fingerprint density at radius 1 is 1.32 bits per heavy atom. The van der Waals surface area contributed by atoms with Crippen LogP contribution >= 0.6 is 0 Å². The third-order valence-corrected chi connectivity index (χ3v) is 4.98. The molecule has 1 saturated heterocycles. The first kappa shape index (κ1) is 17.7. The number of amides is 1. The summed E-state index contributed by atoms with van der Waals surface area (Å²) >= 11 is 0. The molecule has 3 rings (SSSR count). The summed E-state index contributed by atoms with van der Waals surface area (Å²) in [6, 6.07) is 3.84. The van der Waals surface area contributed by atoms with Gasteiger partial charge in [-0.25, -0.2) is 0 Å². The van der Waals surface area contributed by atoms with Crippen LogP contribution in [0.15, 0.2) is 16.7 Å². The second-order valence-corrected chi connectivity index (χ2v) is 7.13. The van der Waals surface area contributed by atoms with Crippen molar-refractivity contribution < 1.29 is 9.32 Å². The van der Waals surface area contributed by atoms with Crippen LogP contribution in [0.25, 0.3) is 0 Å². The van der Waals surface area contributed by atoms with E-state index in [9.17, 15) is 4.79 Å². The quantitative estimate of drug-likeness (QED) is 0.829. The Balaban J connectivity index is 1.47. The number of aromatic nitrogens is 3. The predicted octanol–water partition coefficient (Wildman–Crippen LogP) is 2.01. The minimum absolute atomic E-state index is 0.00389. The van der Waals surface area contributed by atoms with Crippen LogP contribution in [-0.2, 0) is 13.6 Å². The van der Waals surface area contributed by atoms with Crippen molar-refractivity contribution in [3.8, 4) is 0 Å². The number of rotatable bonds is 5. The molecule has 7 nitrogen and oxygen atoms in total. The Bertz CT molecular complexity index is 708. The summed E-state index contributed by atoms with van der Waals surface area (Å²) < 4.78 is 6.87. The number of piperidine rings is 1. The van der Waals surface area contributed by atoms with Gasteiger partial charge in [0.25, 0.3) is 5.91 Å². The van der Waals surface area contributed by atoms with Crippen molar-refractivity contribution in [2.24, 2.45) is 13.0 Å². The monoisotopic (exact) mass is 345 g/mol. The van der Waals surface area contributed by atoms with Crippen LogP contribution in [0.1, 0.15) is 40.5 Å². The molecule has 0 bridgehead atoms. The van der Waals surface area contributed by atoms with Gasteiger partial charge in [0.2, 0.25) is 0 Å². The van der Waals surface area contributed by atoms with Gasteiger partial charge in [0, 0.05) is 38.9 Å². The van der Waals surface area contributed by atoms with E-state index in [1.54, 1.807) is 4.68 Å². The van der Waals surface area contributed by atoms with Crippen LogP contribution in [0.3, 0.4) is 0 Å². The second kappa shape index (κ2) is 7.39. The highest BCUT2D eigenvalue weighted by atomic mass is 16.5. The summed E-state index contributed by atoms with van der Waals surface area (Å²) in [5.74, 6) is 1.40. The molecule has 1 aliphatic rings. The molecule has 0 aromatic carbocycles. The fraction of sp³-hybridized carbons (Fsp3) is 0.611. The van der Waals surface area contributed by atoms with Crippen molar-refractivity contribution in [1.29, 1.82) is 0 Å². The minimum atomic E-state index is 0.00389. The predicted molar refractivity (Wildman–Crippen MR) is 94.1 cm³/mol. The largest absolute Gasteiger partial charge is 0.361 e. The lowest BCUT2D eigenvalue weighted by atomic mass is 9.96. The molecule has 2 aromatic heterocycles. The van der Waals surface area contributed by atoms with Crippen molar-refractivity contribution in [2.75, 3.05) is 26.7 Å². The zero-order chi connectivity index (χ0) is 18.0. The van der Waals surface area contributed by atoms with Crippen molar-refractivity contribution in [3.05, 3.63) is 35.0 Å². The average molecular weight is 345 g/mol. The normalized spacial score (nSPS) is 16.3. The fourth-order valence-corrected chi connectivity index (χ4v) is 3.38. The number of likely N-dealkylation sites (tertiary alicyclic amines) is 1. The zero-order valence-electron chi connectivity index (χ0n) is 15.5. The molecule has 0 radical (unpaired) electrons. The number of aryl methyl sites for hydroxylation is 3. The first-order chi connectivity index (χ1) is 11.9. The molecule has 0 aliphatic carbocycles. The summed E-state index contributed by atoms with van der Waals surface area (Å²) in [6.45, 7) is 7.55. The lowest BCUT2D eigenvalue weighted by molar-refractivity contribution is 0.0730. The van der Waals surface area contributed by atoms with Crippen molar-refractivity contribution in [1.82, 2.24) is 24.7 Å². The summed E-state index contributed by atoms with van der Waals surface area (Å²) in [6.07, 6.45) is 2.19. The van der Waals surface area contributed by atoms with E-state index in [2.05, 4.69) is 15.2 Å². The second-order valence-electron chi connectivity index (χ2n) is 7.13. The number of carbonyl (C=O) groups is 1. The summed E-state index contributed by atoms with van der Waals surface area (Å²) in [5, 5.41) is 8.35. The molecule has 1 fully saturated rings. The Kier molecular flexibility index (Phi) is 5.22. The highest BCUT2D eigenvalue weighted by Crippen LogP contribution is 2.20. The molecule has 3 heterocycles. The zero-order valence-corrected chi connectivity index (χ0v) is 15.5. The first-order valence-electron chi connectivity index (χ1n) is 8.83. The molecular formula is C18H27N5O2. The molecule has 1 aliphatic heterocycles.